The van der Waals surface area contributed by atoms with Crippen LogP contribution in [0.3, 0.4) is 0 Å². The second-order valence-corrected chi connectivity index (χ2v) is 5.38. The lowest BCUT2D eigenvalue weighted by atomic mass is 10.2. The number of carbonyl (C=O) groups excluding carboxylic acids is 1. The van der Waals surface area contributed by atoms with Crippen LogP contribution < -0.4 is 9.86 Å². The number of anilines is 1. The van der Waals surface area contributed by atoms with E-state index in [-0.39, 0.29) is 12.4 Å². The molecule has 0 unspecified atom stereocenters. The lowest BCUT2D eigenvalue weighted by molar-refractivity contribution is 0.0240. The molecule has 0 spiro atoms. The van der Waals surface area contributed by atoms with Crippen molar-refractivity contribution in [3.63, 3.8) is 0 Å². The minimum absolute atomic E-state index is 0.225. The lowest BCUT2D eigenvalue weighted by Crippen LogP contribution is -2.27. The summed E-state index contributed by atoms with van der Waals surface area (Å²) >= 11 is 0. The molecule has 0 aliphatic carbocycles. The highest BCUT2D eigenvalue weighted by atomic mass is 32.2. The van der Waals surface area contributed by atoms with E-state index in [1.807, 2.05) is 18.7 Å². The molecule has 20 heavy (non-hydrogen) atoms. The van der Waals surface area contributed by atoms with E-state index in [9.17, 15) is 13.2 Å². The van der Waals surface area contributed by atoms with E-state index < -0.39 is 16.2 Å². The Hall–Kier alpha value is -1.64. The Balaban J connectivity index is 2.62. The molecular weight excluding hydrogens is 282 g/mol. The van der Waals surface area contributed by atoms with Gasteiger partial charge in [0.1, 0.15) is 6.73 Å². The number of nitrogens with one attached hydrogen (secondary N) is 1. The molecule has 0 saturated carbocycles. The number of ether oxygens (including phenoxy) is 1. The number of carbonyl (C=O) groups is 1. The van der Waals surface area contributed by atoms with Gasteiger partial charge in [-0.05, 0) is 37.4 Å². The first-order chi connectivity index (χ1) is 9.35. The maximum atomic E-state index is 11.8. The van der Waals surface area contributed by atoms with Crippen molar-refractivity contribution in [1.82, 2.24) is 4.90 Å². The number of nitrogens with two attached hydrogens (primary N) is 1. The first-order valence-electron chi connectivity index (χ1n) is 6.15. The van der Waals surface area contributed by atoms with Crippen molar-refractivity contribution in [2.75, 3.05) is 24.5 Å². The molecular formula is C12H19N3O4S. The lowest BCUT2D eigenvalue weighted by Gasteiger charge is -2.17. The Morgan fingerprint density at radius 1 is 1.25 bits per heavy atom. The van der Waals surface area contributed by atoms with E-state index in [0.717, 1.165) is 13.1 Å². The van der Waals surface area contributed by atoms with E-state index >= 15 is 0 Å². The van der Waals surface area contributed by atoms with Crippen LogP contribution in [0, 0.1) is 0 Å². The molecule has 7 nitrogen and oxygen atoms in total. The van der Waals surface area contributed by atoms with Gasteiger partial charge in [-0.25, -0.2) is 9.93 Å². The third-order valence-corrected chi connectivity index (χ3v) is 3.17. The Kier molecular flexibility index (Phi) is 5.93. The maximum absolute atomic E-state index is 11.8. The van der Waals surface area contributed by atoms with Gasteiger partial charge in [0.2, 0.25) is 0 Å². The van der Waals surface area contributed by atoms with Gasteiger partial charge in [0.05, 0.1) is 5.56 Å². The largest absolute Gasteiger partial charge is 0.446 e. The van der Waals surface area contributed by atoms with Gasteiger partial charge in [0, 0.05) is 5.69 Å². The summed E-state index contributed by atoms with van der Waals surface area (Å²) in [7, 11) is -3.81. The first kappa shape index (κ1) is 16.4. The van der Waals surface area contributed by atoms with Gasteiger partial charge in [-0.1, -0.05) is 13.8 Å². The summed E-state index contributed by atoms with van der Waals surface area (Å²) in [5.41, 5.74) is 0.630. The highest BCUT2D eigenvalue weighted by molar-refractivity contribution is 7.90. The van der Waals surface area contributed by atoms with Crippen LogP contribution in [0.15, 0.2) is 24.3 Å². The summed E-state index contributed by atoms with van der Waals surface area (Å²) in [4.78, 5) is 13.7. The van der Waals surface area contributed by atoms with Crippen molar-refractivity contribution in [2.45, 2.75) is 13.8 Å². The van der Waals surface area contributed by atoms with E-state index in [1.54, 1.807) is 0 Å². The van der Waals surface area contributed by atoms with Gasteiger partial charge in [-0.15, -0.1) is 0 Å². The summed E-state index contributed by atoms with van der Waals surface area (Å²) < 4.78 is 28.9. The van der Waals surface area contributed by atoms with Crippen LogP contribution in [0.5, 0.6) is 0 Å². The van der Waals surface area contributed by atoms with Crippen molar-refractivity contribution in [3.8, 4) is 0 Å². The SMILES string of the molecule is CCN(CC)COC(=O)c1ccc(NS(N)(=O)=O)cc1. The molecule has 0 saturated heterocycles. The molecule has 112 valence electrons. The number of benzene rings is 1. The van der Waals surface area contributed by atoms with Crippen LogP contribution in [0.1, 0.15) is 24.2 Å². The highest BCUT2D eigenvalue weighted by Gasteiger charge is 2.09. The molecule has 1 aromatic rings. The second kappa shape index (κ2) is 7.22. The predicted octanol–water partition coefficient (Wildman–Crippen LogP) is 0.758. The van der Waals surface area contributed by atoms with Crippen molar-refractivity contribution in [3.05, 3.63) is 29.8 Å². The predicted molar refractivity (Wildman–Crippen MR) is 76.4 cm³/mol. The van der Waals surface area contributed by atoms with Crippen molar-refractivity contribution >= 4 is 21.9 Å². The fourth-order valence-electron chi connectivity index (χ4n) is 1.48. The number of hydrogen-bond acceptors (Lipinski definition) is 5. The molecule has 0 amide bonds. The van der Waals surface area contributed by atoms with E-state index in [1.165, 1.54) is 24.3 Å². The Labute approximate surface area is 118 Å². The third kappa shape index (κ3) is 5.55. The fourth-order valence-corrected chi connectivity index (χ4v) is 1.94. The van der Waals surface area contributed by atoms with E-state index in [4.69, 9.17) is 9.88 Å². The second-order valence-electron chi connectivity index (χ2n) is 4.09. The van der Waals surface area contributed by atoms with Gasteiger partial charge >= 0.3 is 5.97 Å². The molecule has 0 heterocycles. The topological polar surface area (TPSA) is 102 Å². The summed E-state index contributed by atoms with van der Waals surface area (Å²) in [5, 5.41) is 4.84. The van der Waals surface area contributed by atoms with Gasteiger partial charge < -0.3 is 4.74 Å². The molecule has 0 bridgehead atoms. The number of hydrogen-bond donors (Lipinski definition) is 2. The van der Waals surface area contributed by atoms with Crippen LogP contribution in [0.4, 0.5) is 5.69 Å². The van der Waals surface area contributed by atoms with Crippen molar-refractivity contribution in [1.29, 1.82) is 0 Å². The van der Waals surface area contributed by atoms with Gasteiger partial charge in [-0.2, -0.15) is 8.42 Å². The number of esters is 1. The zero-order valence-electron chi connectivity index (χ0n) is 11.5. The minimum Gasteiger partial charge on any atom is -0.446 e. The van der Waals surface area contributed by atoms with Crippen molar-refractivity contribution in [2.24, 2.45) is 5.14 Å². The molecule has 0 atom stereocenters. The van der Waals surface area contributed by atoms with Gasteiger partial charge in [0.15, 0.2) is 0 Å². The average molecular weight is 301 g/mol. The molecule has 0 aromatic heterocycles. The number of nitrogens with zero attached hydrogens (tertiary/aromatic N) is 1. The average Bonchev–Trinajstić information content (AvgIpc) is 2.38. The normalized spacial score (nSPS) is 11.4. The first-order valence-corrected chi connectivity index (χ1v) is 7.70. The zero-order valence-corrected chi connectivity index (χ0v) is 12.3. The fraction of sp³-hybridized carbons (Fsp3) is 0.417. The van der Waals surface area contributed by atoms with Crippen LogP contribution in [0.25, 0.3) is 0 Å². The monoisotopic (exact) mass is 301 g/mol. The number of rotatable bonds is 7. The zero-order chi connectivity index (χ0) is 15.2. The quantitative estimate of drug-likeness (QED) is 0.572. The van der Waals surface area contributed by atoms with Crippen LogP contribution in [0.2, 0.25) is 0 Å². The van der Waals surface area contributed by atoms with Crippen LogP contribution in [-0.2, 0) is 14.9 Å². The van der Waals surface area contributed by atoms with E-state index in [0.29, 0.717) is 5.56 Å². The van der Waals surface area contributed by atoms with Crippen molar-refractivity contribution < 1.29 is 17.9 Å². The standard InChI is InChI=1S/C12H19N3O4S/c1-3-15(4-2)9-19-12(16)10-5-7-11(8-6-10)14-20(13,17)18/h5-8,14H,3-4,9H2,1-2H3,(H2,13,17,18). The summed E-state index contributed by atoms with van der Waals surface area (Å²) in [6.07, 6.45) is 0. The molecule has 1 rings (SSSR count). The van der Waals surface area contributed by atoms with Crippen LogP contribution in [-0.4, -0.2) is 39.1 Å². The molecule has 0 radical (unpaired) electrons. The molecule has 1 aromatic carbocycles. The summed E-state index contributed by atoms with van der Waals surface area (Å²) in [5.74, 6) is -0.459. The molecule has 8 heteroatoms. The third-order valence-electron chi connectivity index (χ3n) is 2.65. The Morgan fingerprint density at radius 3 is 2.25 bits per heavy atom. The molecule has 0 fully saturated rings. The minimum atomic E-state index is -3.81. The molecule has 0 aliphatic rings. The van der Waals surface area contributed by atoms with Crippen LogP contribution >= 0.6 is 0 Å². The van der Waals surface area contributed by atoms with E-state index in [2.05, 4.69) is 4.72 Å². The highest BCUT2D eigenvalue weighted by Crippen LogP contribution is 2.11. The Bertz CT molecular complexity index is 538. The molecule has 3 N–H and O–H groups in total. The smallest absolute Gasteiger partial charge is 0.339 e. The van der Waals surface area contributed by atoms with Gasteiger partial charge in [0.25, 0.3) is 10.2 Å². The summed E-state index contributed by atoms with van der Waals surface area (Å²) in [6, 6.07) is 5.83. The summed E-state index contributed by atoms with van der Waals surface area (Å²) in [6.45, 7) is 5.77. The maximum Gasteiger partial charge on any atom is 0.339 e. The Morgan fingerprint density at radius 2 is 1.80 bits per heavy atom. The molecule has 0 aliphatic heterocycles. The van der Waals surface area contributed by atoms with Gasteiger partial charge in [-0.3, -0.25) is 9.62 Å².